The van der Waals surface area contributed by atoms with Crippen LogP contribution in [0.3, 0.4) is 0 Å². The summed E-state index contributed by atoms with van der Waals surface area (Å²) in [4.78, 5) is 12.0. The zero-order chi connectivity index (χ0) is 15.2. The fourth-order valence-corrected chi connectivity index (χ4v) is 2.21. The first kappa shape index (κ1) is 15.1. The maximum atomic E-state index is 12.0. The molecular formula is C18H22N2O. The molecule has 1 atom stereocenters. The quantitative estimate of drug-likeness (QED) is 0.855. The lowest BCUT2D eigenvalue weighted by atomic mass is 10.1. The fourth-order valence-electron chi connectivity index (χ4n) is 2.21. The molecule has 0 aliphatic heterocycles. The Bertz CT molecular complexity index is 605. The average molecular weight is 282 g/mol. The van der Waals surface area contributed by atoms with Gasteiger partial charge in [0, 0.05) is 5.69 Å². The number of benzene rings is 2. The third-order valence-corrected chi connectivity index (χ3v) is 3.51. The minimum Gasteiger partial charge on any atom is -0.331 e. The van der Waals surface area contributed by atoms with E-state index in [1.165, 1.54) is 5.56 Å². The maximum absolute atomic E-state index is 12.0. The fraction of sp³-hybridized carbons (Fsp3) is 0.278. The number of anilines is 1. The molecule has 2 rings (SSSR count). The summed E-state index contributed by atoms with van der Waals surface area (Å²) in [5.74, 6) is 0. The molecule has 0 radical (unpaired) electrons. The summed E-state index contributed by atoms with van der Waals surface area (Å²) in [5.41, 5.74) is 4.33. The van der Waals surface area contributed by atoms with Crippen molar-refractivity contribution in [2.45, 2.75) is 33.2 Å². The first-order chi connectivity index (χ1) is 10.1. The summed E-state index contributed by atoms with van der Waals surface area (Å²) in [6, 6.07) is 15.9. The molecule has 0 heterocycles. The highest BCUT2D eigenvalue weighted by atomic mass is 16.2. The van der Waals surface area contributed by atoms with Crippen molar-refractivity contribution < 1.29 is 4.79 Å². The van der Waals surface area contributed by atoms with Gasteiger partial charge in [-0.15, -0.1) is 0 Å². The Morgan fingerprint density at radius 1 is 1.14 bits per heavy atom. The van der Waals surface area contributed by atoms with Crippen LogP contribution >= 0.6 is 0 Å². The van der Waals surface area contributed by atoms with Crippen LogP contribution in [0.15, 0.2) is 48.5 Å². The van der Waals surface area contributed by atoms with Crippen molar-refractivity contribution in [3.05, 3.63) is 65.2 Å². The first-order valence-electron chi connectivity index (χ1n) is 7.31. The Kier molecular flexibility index (Phi) is 4.99. The SMILES string of the molecule is CCc1ccc(C(C)NC(=O)Nc2cccc(C)c2)cc1. The van der Waals surface area contributed by atoms with Gasteiger partial charge in [-0.05, 0) is 49.1 Å². The standard InChI is InChI=1S/C18H22N2O/c1-4-15-8-10-16(11-9-15)14(3)19-18(21)20-17-7-5-6-13(2)12-17/h5-12,14H,4H2,1-3H3,(H2,19,20,21). The smallest absolute Gasteiger partial charge is 0.319 e. The number of carbonyl (C=O) groups excluding carboxylic acids is 1. The van der Waals surface area contributed by atoms with E-state index in [1.807, 2.05) is 38.1 Å². The van der Waals surface area contributed by atoms with Gasteiger partial charge in [0.05, 0.1) is 6.04 Å². The van der Waals surface area contributed by atoms with Crippen molar-refractivity contribution in [2.75, 3.05) is 5.32 Å². The van der Waals surface area contributed by atoms with E-state index in [-0.39, 0.29) is 12.1 Å². The second kappa shape index (κ2) is 6.93. The van der Waals surface area contributed by atoms with Crippen LogP contribution in [-0.4, -0.2) is 6.03 Å². The number of hydrogen-bond acceptors (Lipinski definition) is 1. The third kappa shape index (κ3) is 4.35. The van der Waals surface area contributed by atoms with E-state index in [1.54, 1.807) is 0 Å². The number of carbonyl (C=O) groups is 1. The molecular weight excluding hydrogens is 260 g/mol. The van der Waals surface area contributed by atoms with Crippen molar-refractivity contribution in [1.29, 1.82) is 0 Å². The first-order valence-corrected chi connectivity index (χ1v) is 7.31. The van der Waals surface area contributed by atoms with Crippen LogP contribution in [0.4, 0.5) is 10.5 Å². The van der Waals surface area contributed by atoms with E-state index >= 15 is 0 Å². The van der Waals surface area contributed by atoms with Crippen LogP contribution in [0.1, 0.15) is 36.6 Å². The maximum Gasteiger partial charge on any atom is 0.319 e. The molecule has 0 saturated heterocycles. The van der Waals surface area contributed by atoms with Crippen LogP contribution in [0.25, 0.3) is 0 Å². The predicted molar refractivity (Wildman–Crippen MR) is 87.6 cm³/mol. The van der Waals surface area contributed by atoms with Gasteiger partial charge >= 0.3 is 6.03 Å². The van der Waals surface area contributed by atoms with Gasteiger partial charge in [-0.3, -0.25) is 0 Å². The largest absolute Gasteiger partial charge is 0.331 e. The van der Waals surface area contributed by atoms with Crippen molar-refractivity contribution in [3.8, 4) is 0 Å². The minimum absolute atomic E-state index is 0.0271. The number of nitrogens with one attached hydrogen (secondary N) is 2. The number of hydrogen-bond donors (Lipinski definition) is 2. The molecule has 1 unspecified atom stereocenters. The predicted octanol–water partition coefficient (Wildman–Crippen LogP) is 4.44. The van der Waals surface area contributed by atoms with Gasteiger partial charge in [0.1, 0.15) is 0 Å². The van der Waals surface area contributed by atoms with Crippen molar-refractivity contribution >= 4 is 11.7 Å². The summed E-state index contributed by atoms with van der Waals surface area (Å²) in [6.07, 6.45) is 1.02. The molecule has 0 aromatic heterocycles. The van der Waals surface area contributed by atoms with Crippen LogP contribution in [0.5, 0.6) is 0 Å². The summed E-state index contributed by atoms with van der Waals surface area (Å²) in [7, 11) is 0. The highest BCUT2D eigenvalue weighted by molar-refractivity contribution is 5.89. The number of rotatable bonds is 4. The van der Waals surface area contributed by atoms with Crippen LogP contribution < -0.4 is 10.6 Å². The van der Waals surface area contributed by atoms with Crippen molar-refractivity contribution in [3.63, 3.8) is 0 Å². The summed E-state index contributed by atoms with van der Waals surface area (Å²) in [5, 5.41) is 5.81. The molecule has 0 fully saturated rings. The van der Waals surface area contributed by atoms with E-state index in [2.05, 4.69) is 41.8 Å². The van der Waals surface area contributed by atoms with Crippen LogP contribution in [0, 0.1) is 6.92 Å². The molecule has 0 bridgehead atoms. The minimum atomic E-state index is -0.187. The zero-order valence-corrected chi connectivity index (χ0v) is 12.8. The van der Waals surface area contributed by atoms with Gasteiger partial charge in [-0.1, -0.05) is 43.3 Å². The highest BCUT2D eigenvalue weighted by Crippen LogP contribution is 2.14. The van der Waals surface area contributed by atoms with Gasteiger partial charge < -0.3 is 10.6 Å². The van der Waals surface area contributed by atoms with Gasteiger partial charge in [0.2, 0.25) is 0 Å². The lowest BCUT2D eigenvalue weighted by Crippen LogP contribution is -2.31. The van der Waals surface area contributed by atoms with Crippen molar-refractivity contribution in [1.82, 2.24) is 5.32 Å². The molecule has 0 saturated carbocycles. The molecule has 0 spiro atoms. The summed E-state index contributed by atoms with van der Waals surface area (Å²) >= 11 is 0. The van der Waals surface area contributed by atoms with Gasteiger partial charge in [0.25, 0.3) is 0 Å². The average Bonchev–Trinajstić information content (AvgIpc) is 2.47. The molecule has 3 heteroatoms. The number of amides is 2. The molecule has 2 amide bonds. The Balaban J connectivity index is 1.95. The molecule has 2 aromatic rings. The van der Waals surface area contributed by atoms with E-state index in [0.29, 0.717) is 0 Å². The highest BCUT2D eigenvalue weighted by Gasteiger charge is 2.09. The summed E-state index contributed by atoms with van der Waals surface area (Å²) in [6.45, 7) is 6.11. The van der Waals surface area contributed by atoms with Crippen molar-refractivity contribution in [2.24, 2.45) is 0 Å². The van der Waals surface area contributed by atoms with E-state index in [9.17, 15) is 4.79 Å². The topological polar surface area (TPSA) is 41.1 Å². The lowest BCUT2D eigenvalue weighted by Gasteiger charge is -2.15. The Labute approximate surface area is 126 Å². The monoisotopic (exact) mass is 282 g/mol. The normalized spacial score (nSPS) is 11.8. The Morgan fingerprint density at radius 3 is 2.48 bits per heavy atom. The number of urea groups is 1. The Morgan fingerprint density at radius 2 is 1.86 bits per heavy atom. The van der Waals surface area contributed by atoms with Gasteiger partial charge in [-0.25, -0.2) is 4.79 Å². The van der Waals surface area contributed by atoms with Gasteiger partial charge in [0.15, 0.2) is 0 Å². The molecule has 0 aliphatic rings. The van der Waals surface area contributed by atoms with Crippen LogP contribution in [0.2, 0.25) is 0 Å². The second-order valence-electron chi connectivity index (χ2n) is 5.28. The molecule has 3 nitrogen and oxygen atoms in total. The zero-order valence-electron chi connectivity index (χ0n) is 12.8. The van der Waals surface area contributed by atoms with E-state index < -0.39 is 0 Å². The molecule has 2 N–H and O–H groups in total. The Hall–Kier alpha value is -2.29. The molecule has 110 valence electrons. The third-order valence-electron chi connectivity index (χ3n) is 3.51. The lowest BCUT2D eigenvalue weighted by molar-refractivity contribution is 0.249. The molecule has 21 heavy (non-hydrogen) atoms. The van der Waals surface area contributed by atoms with E-state index in [0.717, 1.165) is 23.2 Å². The van der Waals surface area contributed by atoms with E-state index in [4.69, 9.17) is 0 Å². The molecule has 2 aromatic carbocycles. The van der Waals surface area contributed by atoms with Gasteiger partial charge in [-0.2, -0.15) is 0 Å². The second-order valence-corrected chi connectivity index (χ2v) is 5.28. The van der Waals surface area contributed by atoms with Crippen LogP contribution in [-0.2, 0) is 6.42 Å². The summed E-state index contributed by atoms with van der Waals surface area (Å²) < 4.78 is 0. The number of aryl methyl sites for hydroxylation is 2. The molecule has 0 aliphatic carbocycles.